The number of hydrogen-bond acceptors (Lipinski definition) is 2. The predicted molar refractivity (Wildman–Crippen MR) is 83.6 cm³/mol. The van der Waals surface area contributed by atoms with Crippen molar-refractivity contribution < 1.29 is 9.47 Å². The molecule has 2 rings (SSSR count). The summed E-state index contributed by atoms with van der Waals surface area (Å²) in [7, 11) is 1.67. The van der Waals surface area contributed by atoms with Gasteiger partial charge in [0.05, 0.1) is 0 Å². The Bertz CT molecular complexity index is 275. The van der Waals surface area contributed by atoms with E-state index in [-0.39, 0.29) is 0 Å². The molecule has 0 heterocycles. The van der Waals surface area contributed by atoms with Gasteiger partial charge in [-0.15, -0.1) is 0 Å². The number of ether oxygens (including phenoxy) is 2. The van der Waals surface area contributed by atoms with E-state index in [1.165, 1.54) is 64.2 Å². The maximum Gasteiger partial charge on any atom is 0.146 e. The summed E-state index contributed by atoms with van der Waals surface area (Å²) >= 11 is 0. The van der Waals surface area contributed by atoms with Crippen molar-refractivity contribution in [1.82, 2.24) is 0 Å². The van der Waals surface area contributed by atoms with Crippen LogP contribution < -0.4 is 0 Å². The summed E-state index contributed by atoms with van der Waals surface area (Å²) in [5.41, 5.74) is 0. The Morgan fingerprint density at radius 1 is 0.900 bits per heavy atom. The van der Waals surface area contributed by atoms with Crippen molar-refractivity contribution in [1.29, 1.82) is 0 Å². The van der Waals surface area contributed by atoms with E-state index in [4.69, 9.17) is 9.47 Å². The van der Waals surface area contributed by atoms with Gasteiger partial charge >= 0.3 is 0 Å². The van der Waals surface area contributed by atoms with E-state index in [0.717, 1.165) is 24.4 Å². The van der Waals surface area contributed by atoms with Crippen LogP contribution in [-0.4, -0.2) is 20.5 Å². The maximum atomic E-state index is 5.29. The summed E-state index contributed by atoms with van der Waals surface area (Å²) in [4.78, 5) is 0. The number of unbranched alkanes of at least 4 members (excludes halogenated alkanes) is 5. The highest BCUT2D eigenvalue weighted by Crippen LogP contribution is 2.42. The summed E-state index contributed by atoms with van der Waals surface area (Å²) in [6.07, 6.45) is 18.9. The standard InChI is InChI=1S/C18H32O2/c1-19-15-20-13-7-5-3-2-4-6-8-16-9-10-17-11-12-18(17)14-16/h11-12,16-18H,2-10,13-15H2,1H3/t16-,17-,18-/m0/s1. The van der Waals surface area contributed by atoms with Crippen LogP contribution in [0.1, 0.15) is 64.2 Å². The Hall–Kier alpha value is -0.340. The second-order valence-corrected chi connectivity index (χ2v) is 6.62. The summed E-state index contributed by atoms with van der Waals surface area (Å²) in [5.74, 6) is 2.95. The topological polar surface area (TPSA) is 18.5 Å². The van der Waals surface area contributed by atoms with E-state index < -0.39 is 0 Å². The van der Waals surface area contributed by atoms with Gasteiger partial charge in [-0.25, -0.2) is 0 Å². The van der Waals surface area contributed by atoms with Gasteiger partial charge in [-0.05, 0) is 43.4 Å². The molecule has 0 saturated heterocycles. The first kappa shape index (κ1) is 16.0. The summed E-state index contributed by atoms with van der Waals surface area (Å²) < 4.78 is 10.1. The molecule has 0 unspecified atom stereocenters. The van der Waals surface area contributed by atoms with Gasteiger partial charge in [-0.2, -0.15) is 0 Å². The quantitative estimate of drug-likeness (QED) is 0.303. The maximum absolute atomic E-state index is 5.29. The molecule has 2 nitrogen and oxygen atoms in total. The largest absolute Gasteiger partial charge is 0.359 e. The Labute approximate surface area is 124 Å². The first-order valence-electron chi connectivity index (χ1n) is 8.65. The third-order valence-electron chi connectivity index (χ3n) is 5.02. The molecule has 0 aromatic heterocycles. The number of allylic oxidation sites excluding steroid dienone is 2. The molecular formula is C18H32O2. The molecule has 0 aliphatic heterocycles. The first-order valence-corrected chi connectivity index (χ1v) is 8.65. The number of hydrogen-bond donors (Lipinski definition) is 0. The fourth-order valence-corrected chi connectivity index (χ4v) is 3.67. The van der Waals surface area contributed by atoms with E-state index in [0.29, 0.717) is 6.79 Å². The molecule has 0 radical (unpaired) electrons. The Morgan fingerprint density at radius 3 is 2.35 bits per heavy atom. The van der Waals surface area contributed by atoms with Crippen molar-refractivity contribution in [3.63, 3.8) is 0 Å². The minimum absolute atomic E-state index is 0.443. The second-order valence-electron chi connectivity index (χ2n) is 6.62. The van der Waals surface area contributed by atoms with Crippen molar-refractivity contribution in [2.75, 3.05) is 20.5 Å². The highest BCUT2D eigenvalue weighted by atomic mass is 16.7. The van der Waals surface area contributed by atoms with Gasteiger partial charge < -0.3 is 9.47 Å². The van der Waals surface area contributed by atoms with Gasteiger partial charge in [0.2, 0.25) is 0 Å². The molecule has 2 heteroatoms. The first-order chi connectivity index (χ1) is 9.90. The fraction of sp³-hybridized carbons (Fsp3) is 0.889. The number of methoxy groups -OCH3 is 1. The second kappa shape index (κ2) is 9.57. The highest BCUT2D eigenvalue weighted by Gasteiger charge is 2.31. The van der Waals surface area contributed by atoms with Gasteiger partial charge in [0, 0.05) is 13.7 Å². The van der Waals surface area contributed by atoms with Crippen LogP contribution in [0, 0.1) is 17.8 Å². The molecule has 1 saturated carbocycles. The lowest BCUT2D eigenvalue weighted by atomic mass is 9.67. The lowest BCUT2D eigenvalue weighted by molar-refractivity contribution is -0.0315. The minimum atomic E-state index is 0.443. The summed E-state index contributed by atoms with van der Waals surface area (Å²) in [5, 5.41) is 0. The lowest BCUT2D eigenvalue weighted by Crippen LogP contribution is -2.27. The Morgan fingerprint density at radius 2 is 1.65 bits per heavy atom. The molecule has 0 N–H and O–H groups in total. The molecule has 3 atom stereocenters. The minimum Gasteiger partial charge on any atom is -0.359 e. The van der Waals surface area contributed by atoms with Crippen molar-refractivity contribution >= 4 is 0 Å². The third-order valence-corrected chi connectivity index (χ3v) is 5.02. The Balaban J connectivity index is 1.34. The van der Waals surface area contributed by atoms with Gasteiger partial charge in [0.15, 0.2) is 0 Å². The van der Waals surface area contributed by atoms with Gasteiger partial charge in [-0.1, -0.05) is 50.7 Å². The highest BCUT2D eigenvalue weighted by molar-refractivity contribution is 5.11. The van der Waals surface area contributed by atoms with Crippen molar-refractivity contribution in [2.45, 2.75) is 64.2 Å². The molecule has 0 bridgehead atoms. The van der Waals surface area contributed by atoms with Crippen LogP contribution in [0.5, 0.6) is 0 Å². The molecule has 0 aromatic carbocycles. The fourth-order valence-electron chi connectivity index (χ4n) is 3.67. The van der Waals surface area contributed by atoms with Gasteiger partial charge in [-0.3, -0.25) is 0 Å². The predicted octanol–water partition coefficient (Wildman–Crippen LogP) is 4.94. The van der Waals surface area contributed by atoms with Crippen LogP contribution in [0.25, 0.3) is 0 Å². The molecule has 2 aliphatic carbocycles. The zero-order chi connectivity index (χ0) is 14.0. The van der Waals surface area contributed by atoms with E-state index >= 15 is 0 Å². The normalized spacial score (nSPS) is 28.1. The van der Waals surface area contributed by atoms with E-state index in [9.17, 15) is 0 Å². The molecular weight excluding hydrogens is 248 g/mol. The molecule has 2 aliphatic rings. The average molecular weight is 280 g/mol. The van der Waals surface area contributed by atoms with Crippen LogP contribution in [0.3, 0.4) is 0 Å². The van der Waals surface area contributed by atoms with Crippen LogP contribution >= 0.6 is 0 Å². The Kier molecular flexibility index (Phi) is 7.67. The molecule has 0 amide bonds. The number of fused-ring (bicyclic) bond motifs is 1. The summed E-state index contributed by atoms with van der Waals surface area (Å²) in [6.45, 7) is 1.30. The van der Waals surface area contributed by atoms with Crippen LogP contribution in [0.2, 0.25) is 0 Å². The SMILES string of the molecule is COCOCCCCCCCC[C@H]1CC[C@H]2C=C[C@H]2C1. The van der Waals surface area contributed by atoms with E-state index in [1.807, 2.05) is 0 Å². The van der Waals surface area contributed by atoms with Crippen molar-refractivity contribution in [3.05, 3.63) is 12.2 Å². The molecule has 0 aromatic rings. The number of rotatable bonds is 11. The van der Waals surface area contributed by atoms with E-state index in [1.54, 1.807) is 7.11 Å². The lowest BCUT2D eigenvalue weighted by Gasteiger charge is -2.38. The van der Waals surface area contributed by atoms with Gasteiger partial charge in [0.1, 0.15) is 6.79 Å². The molecule has 116 valence electrons. The van der Waals surface area contributed by atoms with Crippen LogP contribution in [-0.2, 0) is 9.47 Å². The zero-order valence-electron chi connectivity index (χ0n) is 13.2. The van der Waals surface area contributed by atoms with Crippen LogP contribution in [0.15, 0.2) is 12.2 Å². The average Bonchev–Trinajstić information content (AvgIpc) is 2.43. The van der Waals surface area contributed by atoms with Gasteiger partial charge in [0.25, 0.3) is 0 Å². The molecule has 1 fully saturated rings. The zero-order valence-corrected chi connectivity index (χ0v) is 13.2. The van der Waals surface area contributed by atoms with Crippen molar-refractivity contribution in [2.24, 2.45) is 17.8 Å². The summed E-state index contributed by atoms with van der Waals surface area (Å²) in [6, 6.07) is 0. The van der Waals surface area contributed by atoms with E-state index in [2.05, 4.69) is 12.2 Å². The third kappa shape index (κ3) is 5.57. The van der Waals surface area contributed by atoms with Crippen molar-refractivity contribution in [3.8, 4) is 0 Å². The van der Waals surface area contributed by atoms with Crippen LogP contribution in [0.4, 0.5) is 0 Å². The molecule has 0 spiro atoms. The smallest absolute Gasteiger partial charge is 0.146 e. The molecule has 20 heavy (non-hydrogen) atoms. The monoisotopic (exact) mass is 280 g/mol.